The molecular weight excluding hydrogens is 302 g/mol. The van der Waals surface area contributed by atoms with Crippen LogP contribution in [0.2, 0.25) is 0 Å². The zero-order chi connectivity index (χ0) is 15.4. The average Bonchev–Trinajstić information content (AvgIpc) is 2.73. The van der Waals surface area contributed by atoms with Crippen LogP contribution in [0.1, 0.15) is 37.1 Å². The highest BCUT2D eigenvalue weighted by Gasteiger charge is 2.14. The Hall–Kier alpha value is -1.14. The van der Waals surface area contributed by atoms with Crippen molar-refractivity contribution in [3.8, 4) is 0 Å². The van der Waals surface area contributed by atoms with Crippen LogP contribution in [-0.4, -0.2) is 27.7 Å². The number of aryl methyl sites for hydroxylation is 2. The molecule has 1 N–H and O–H groups in total. The third-order valence-electron chi connectivity index (χ3n) is 3.40. The largest absolute Gasteiger partial charge is 0.353 e. The summed E-state index contributed by atoms with van der Waals surface area (Å²) < 4.78 is 0. The molecule has 21 heavy (non-hydrogen) atoms. The number of amides is 1. The van der Waals surface area contributed by atoms with Crippen LogP contribution in [0.5, 0.6) is 0 Å². The number of hydrogen-bond donors (Lipinski definition) is 1. The first-order chi connectivity index (χ1) is 10.0. The Balaban J connectivity index is 2.05. The molecule has 0 bridgehead atoms. The topological polar surface area (TPSA) is 54.9 Å². The molecule has 0 aliphatic heterocycles. The molecule has 2 rings (SSSR count). The molecule has 0 spiro atoms. The molecule has 0 radical (unpaired) electrons. The van der Waals surface area contributed by atoms with Crippen molar-refractivity contribution in [1.29, 1.82) is 0 Å². The van der Waals surface area contributed by atoms with Gasteiger partial charge in [0.1, 0.15) is 16.2 Å². The van der Waals surface area contributed by atoms with E-state index in [9.17, 15) is 4.79 Å². The number of nitrogens with zero attached hydrogens (tertiary/aromatic N) is 2. The van der Waals surface area contributed by atoms with Crippen molar-refractivity contribution in [3.63, 3.8) is 0 Å². The van der Waals surface area contributed by atoms with E-state index in [1.165, 1.54) is 22.2 Å². The molecule has 0 aliphatic carbocycles. The van der Waals surface area contributed by atoms with Crippen LogP contribution in [0.3, 0.4) is 0 Å². The van der Waals surface area contributed by atoms with Crippen LogP contribution in [0.15, 0.2) is 11.4 Å². The van der Waals surface area contributed by atoms with Gasteiger partial charge in [-0.05, 0) is 32.8 Å². The predicted octanol–water partition coefficient (Wildman–Crippen LogP) is 3.71. The summed E-state index contributed by atoms with van der Waals surface area (Å²) in [7, 11) is 0. The van der Waals surface area contributed by atoms with E-state index in [1.807, 2.05) is 6.92 Å². The average molecular weight is 323 g/mol. The van der Waals surface area contributed by atoms with Crippen molar-refractivity contribution in [3.05, 3.63) is 16.8 Å². The van der Waals surface area contributed by atoms with E-state index in [-0.39, 0.29) is 11.9 Å². The van der Waals surface area contributed by atoms with Crippen molar-refractivity contribution in [2.75, 3.05) is 5.75 Å². The lowest BCUT2D eigenvalue weighted by Crippen LogP contribution is -2.33. The number of thiophene rings is 1. The Morgan fingerprint density at radius 3 is 2.90 bits per heavy atom. The maximum absolute atomic E-state index is 12.0. The van der Waals surface area contributed by atoms with Gasteiger partial charge < -0.3 is 5.32 Å². The zero-order valence-electron chi connectivity index (χ0n) is 12.9. The van der Waals surface area contributed by atoms with E-state index in [0.29, 0.717) is 5.75 Å². The number of carbonyl (C=O) groups is 1. The van der Waals surface area contributed by atoms with Gasteiger partial charge in [0, 0.05) is 16.3 Å². The number of fused-ring (bicyclic) bond motifs is 1. The van der Waals surface area contributed by atoms with Crippen LogP contribution in [0.4, 0.5) is 0 Å². The van der Waals surface area contributed by atoms with Crippen LogP contribution in [0, 0.1) is 13.8 Å². The number of nitrogens with one attached hydrogen (secondary N) is 1. The van der Waals surface area contributed by atoms with E-state index in [0.717, 1.165) is 28.1 Å². The Morgan fingerprint density at radius 1 is 1.43 bits per heavy atom. The Labute approximate surface area is 133 Å². The number of hydrogen-bond acceptors (Lipinski definition) is 5. The van der Waals surface area contributed by atoms with Crippen molar-refractivity contribution in [2.24, 2.45) is 0 Å². The molecule has 0 aromatic carbocycles. The molecule has 6 heteroatoms. The lowest BCUT2D eigenvalue weighted by atomic mass is 10.2. The second-order valence-corrected chi connectivity index (χ2v) is 7.36. The number of aromatic nitrogens is 2. The standard InChI is InChI=1S/C15H21N3OS2/c1-5-6-9(2)18-12(19)7-20-14-13-10(3)11(4)21-15(13)17-8-16-14/h8-9H,5-7H2,1-4H3,(H,18,19)/t9-/m1/s1. The molecule has 2 aromatic heterocycles. The van der Waals surface area contributed by atoms with Gasteiger partial charge in [-0.1, -0.05) is 25.1 Å². The normalized spacial score (nSPS) is 12.6. The van der Waals surface area contributed by atoms with Crippen molar-refractivity contribution < 1.29 is 4.79 Å². The van der Waals surface area contributed by atoms with Crippen molar-refractivity contribution in [1.82, 2.24) is 15.3 Å². The summed E-state index contributed by atoms with van der Waals surface area (Å²) >= 11 is 3.17. The zero-order valence-corrected chi connectivity index (χ0v) is 14.5. The first-order valence-corrected chi connectivity index (χ1v) is 8.96. The monoisotopic (exact) mass is 323 g/mol. The molecule has 2 aromatic rings. The molecule has 0 unspecified atom stereocenters. The summed E-state index contributed by atoms with van der Waals surface area (Å²) in [5.41, 5.74) is 1.22. The lowest BCUT2D eigenvalue weighted by Gasteiger charge is -2.12. The minimum atomic E-state index is 0.0670. The molecule has 0 aliphatic rings. The highest BCUT2D eigenvalue weighted by Crippen LogP contribution is 2.34. The van der Waals surface area contributed by atoms with Gasteiger partial charge in [0.05, 0.1) is 5.75 Å². The third kappa shape index (κ3) is 3.95. The summed E-state index contributed by atoms with van der Waals surface area (Å²) in [5.74, 6) is 0.464. The fourth-order valence-corrected chi connectivity index (χ4v) is 4.14. The first kappa shape index (κ1) is 16.2. The third-order valence-corrected chi connectivity index (χ3v) is 5.50. The van der Waals surface area contributed by atoms with E-state index in [4.69, 9.17) is 0 Å². The van der Waals surface area contributed by atoms with Gasteiger partial charge in [0.2, 0.25) is 5.91 Å². The van der Waals surface area contributed by atoms with Crippen LogP contribution >= 0.6 is 23.1 Å². The second-order valence-electron chi connectivity index (χ2n) is 5.19. The fraction of sp³-hybridized carbons (Fsp3) is 0.533. The summed E-state index contributed by atoms with van der Waals surface area (Å²) in [6.07, 6.45) is 3.67. The molecule has 2 heterocycles. The van der Waals surface area contributed by atoms with Crippen LogP contribution < -0.4 is 5.32 Å². The van der Waals surface area contributed by atoms with Crippen LogP contribution in [-0.2, 0) is 4.79 Å². The first-order valence-electron chi connectivity index (χ1n) is 7.15. The van der Waals surface area contributed by atoms with Crippen molar-refractivity contribution in [2.45, 2.75) is 51.6 Å². The molecule has 4 nitrogen and oxygen atoms in total. The quantitative estimate of drug-likeness (QED) is 0.650. The van der Waals surface area contributed by atoms with Gasteiger partial charge in [-0.15, -0.1) is 11.3 Å². The smallest absolute Gasteiger partial charge is 0.230 e. The summed E-state index contributed by atoms with van der Waals surface area (Å²) in [4.78, 5) is 22.9. The fourth-order valence-electron chi connectivity index (χ4n) is 2.22. The minimum absolute atomic E-state index is 0.0670. The van der Waals surface area contributed by atoms with E-state index >= 15 is 0 Å². The highest BCUT2D eigenvalue weighted by atomic mass is 32.2. The summed E-state index contributed by atoms with van der Waals surface area (Å²) in [6.45, 7) is 8.35. The Bertz CT molecular complexity index is 639. The minimum Gasteiger partial charge on any atom is -0.353 e. The van der Waals surface area contributed by atoms with Gasteiger partial charge in [-0.3, -0.25) is 4.79 Å². The predicted molar refractivity (Wildman–Crippen MR) is 90.1 cm³/mol. The lowest BCUT2D eigenvalue weighted by molar-refractivity contribution is -0.119. The summed E-state index contributed by atoms with van der Waals surface area (Å²) in [5, 5.41) is 5.02. The molecule has 1 amide bonds. The second kappa shape index (κ2) is 7.22. The van der Waals surface area contributed by atoms with Gasteiger partial charge >= 0.3 is 0 Å². The van der Waals surface area contributed by atoms with Crippen LogP contribution in [0.25, 0.3) is 10.2 Å². The van der Waals surface area contributed by atoms with E-state index in [1.54, 1.807) is 17.7 Å². The van der Waals surface area contributed by atoms with Gasteiger partial charge in [0.25, 0.3) is 0 Å². The number of thioether (sulfide) groups is 1. The Morgan fingerprint density at radius 2 is 2.19 bits per heavy atom. The molecule has 0 fully saturated rings. The number of carbonyl (C=O) groups excluding carboxylic acids is 1. The summed E-state index contributed by atoms with van der Waals surface area (Å²) in [6, 6.07) is 0.235. The number of rotatable bonds is 6. The molecule has 114 valence electrons. The molecule has 1 atom stereocenters. The molecule has 0 saturated carbocycles. The van der Waals surface area contributed by atoms with Gasteiger partial charge in [-0.2, -0.15) is 0 Å². The maximum atomic E-state index is 12.0. The Kier molecular flexibility index (Phi) is 5.58. The SMILES string of the molecule is CCC[C@@H](C)NC(=O)CSc1ncnc2sc(C)c(C)c12. The highest BCUT2D eigenvalue weighted by molar-refractivity contribution is 8.00. The van der Waals surface area contributed by atoms with Gasteiger partial charge in [0.15, 0.2) is 0 Å². The van der Waals surface area contributed by atoms with E-state index in [2.05, 4.69) is 36.1 Å². The molecule has 0 saturated heterocycles. The molecular formula is C15H21N3OS2. The van der Waals surface area contributed by atoms with Gasteiger partial charge in [-0.25, -0.2) is 9.97 Å². The maximum Gasteiger partial charge on any atom is 0.230 e. The van der Waals surface area contributed by atoms with Crippen molar-refractivity contribution >= 4 is 39.2 Å². The van der Waals surface area contributed by atoms with E-state index < -0.39 is 0 Å².